The molecule has 1 aromatic carbocycles. The van der Waals surface area contributed by atoms with Gasteiger partial charge in [0.1, 0.15) is 0 Å². The first kappa shape index (κ1) is 15.0. The lowest BCUT2D eigenvalue weighted by atomic mass is 9.92. The third kappa shape index (κ3) is 3.16. The normalized spacial score (nSPS) is 18.0. The summed E-state index contributed by atoms with van der Waals surface area (Å²) in [4.78, 5) is 0.281. The Kier molecular flexibility index (Phi) is 4.36. The van der Waals surface area contributed by atoms with Crippen LogP contribution in [0.4, 0.5) is 0 Å². The van der Waals surface area contributed by atoms with E-state index in [0.29, 0.717) is 24.0 Å². The van der Waals surface area contributed by atoms with Crippen molar-refractivity contribution in [3.05, 3.63) is 51.7 Å². The topological polar surface area (TPSA) is 37.4 Å². The van der Waals surface area contributed by atoms with Crippen LogP contribution in [0.5, 0.6) is 0 Å². The van der Waals surface area contributed by atoms with Crippen molar-refractivity contribution >= 4 is 33.0 Å². The Morgan fingerprint density at radius 3 is 2.57 bits per heavy atom. The molecule has 6 heteroatoms. The van der Waals surface area contributed by atoms with Crippen LogP contribution in [-0.2, 0) is 10.0 Å². The molecule has 1 fully saturated rings. The molecule has 3 rings (SSSR count). The zero-order chi connectivity index (χ0) is 14.9. The molecule has 0 spiro atoms. The Balaban J connectivity index is 1.74. The van der Waals surface area contributed by atoms with Crippen molar-refractivity contribution in [2.75, 3.05) is 13.1 Å². The zero-order valence-corrected chi connectivity index (χ0v) is 13.8. The molecular formula is C15H16ClNO2S2. The number of thiophene rings is 1. The number of rotatable bonds is 3. The van der Waals surface area contributed by atoms with Gasteiger partial charge in [0.15, 0.2) is 0 Å². The van der Waals surface area contributed by atoms with Crippen LogP contribution in [-0.4, -0.2) is 25.8 Å². The van der Waals surface area contributed by atoms with Crippen LogP contribution >= 0.6 is 22.9 Å². The number of halogens is 1. The Morgan fingerprint density at radius 1 is 1.19 bits per heavy atom. The number of piperidine rings is 1. The molecule has 1 aromatic heterocycles. The predicted molar refractivity (Wildman–Crippen MR) is 86.5 cm³/mol. The second-order valence-electron chi connectivity index (χ2n) is 5.19. The molecule has 0 N–H and O–H groups in total. The summed E-state index contributed by atoms with van der Waals surface area (Å²) in [7, 11) is -3.43. The van der Waals surface area contributed by atoms with Gasteiger partial charge in [0.2, 0.25) is 10.0 Å². The van der Waals surface area contributed by atoms with E-state index >= 15 is 0 Å². The standard InChI is InChI=1S/C15H16ClNO2S2/c16-14-2-1-3-15(10-14)21(18,19)17-7-4-12(5-8-17)13-6-9-20-11-13/h1-3,6,9-12H,4-5,7-8H2. The van der Waals surface area contributed by atoms with Crippen molar-refractivity contribution in [3.8, 4) is 0 Å². The number of sulfonamides is 1. The van der Waals surface area contributed by atoms with Crippen molar-refractivity contribution in [1.29, 1.82) is 0 Å². The van der Waals surface area contributed by atoms with Gasteiger partial charge in [-0.2, -0.15) is 15.6 Å². The highest BCUT2D eigenvalue weighted by atomic mass is 35.5. The highest BCUT2D eigenvalue weighted by Gasteiger charge is 2.30. The van der Waals surface area contributed by atoms with Gasteiger partial charge in [0, 0.05) is 18.1 Å². The van der Waals surface area contributed by atoms with Gasteiger partial charge in [-0.3, -0.25) is 0 Å². The predicted octanol–water partition coefficient (Wildman–Crippen LogP) is 3.97. The average molecular weight is 342 g/mol. The largest absolute Gasteiger partial charge is 0.243 e. The minimum Gasteiger partial charge on any atom is -0.207 e. The molecule has 0 bridgehead atoms. The van der Waals surface area contributed by atoms with E-state index in [4.69, 9.17) is 11.6 Å². The molecule has 21 heavy (non-hydrogen) atoms. The van der Waals surface area contributed by atoms with E-state index in [1.54, 1.807) is 33.8 Å². The van der Waals surface area contributed by atoms with Crippen molar-refractivity contribution in [1.82, 2.24) is 4.31 Å². The lowest BCUT2D eigenvalue weighted by Crippen LogP contribution is -2.37. The van der Waals surface area contributed by atoms with E-state index in [1.807, 2.05) is 0 Å². The summed E-state index contributed by atoms with van der Waals surface area (Å²) in [5, 5.41) is 4.68. The molecule has 0 atom stereocenters. The Morgan fingerprint density at radius 2 is 1.95 bits per heavy atom. The van der Waals surface area contributed by atoms with Crippen LogP contribution in [0.2, 0.25) is 5.02 Å². The third-order valence-corrected chi connectivity index (χ3v) is 6.73. The van der Waals surface area contributed by atoms with Crippen LogP contribution in [0.25, 0.3) is 0 Å². The van der Waals surface area contributed by atoms with Gasteiger partial charge in [-0.15, -0.1) is 0 Å². The lowest BCUT2D eigenvalue weighted by molar-refractivity contribution is 0.320. The maximum Gasteiger partial charge on any atom is 0.243 e. The van der Waals surface area contributed by atoms with Gasteiger partial charge in [-0.05, 0) is 59.3 Å². The molecule has 112 valence electrons. The highest BCUT2D eigenvalue weighted by Crippen LogP contribution is 2.32. The second kappa shape index (κ2) is 6.08. The first-order valence-electron chi connectivity index (χ1n) is 6.85. The first-order valence-corrected chi connectivity index (χ1v) is 9.61. The molecule has 2 heterocycles. The van der Waals surface area contributed by atoms with E-state index in [-0.39, 0.29) is 4.90 Å². The summed E-state index contributed by atoms with van der Waals surface area (Å²) in [6, 6.07) is 8.61. The number of benzene rings is 1. The van der Waals surface area contributed by atoms with Gasteiger partial charge in [0.25, 0.3) is 0 Å². The Bertz CT molecular complexity index is 705. The quantitative estimate of drug-likeness (QED) is 0.847. The van der Waals surface area contributed by atoms with Crippen molar-refractivity contribution in [2.45, 2.75) is 23.7 Å². The summed E-state index contributed by atoms with van der Waals surface area (Å²) in [5.74, 6) is 0.474. The van der Waals surface area contributed by atoms with Crippen LogP contribution in [0, 0.1) is 0 Å². The number of hydrogen-bond acceptors (Lipinski definition) is 3. The van der Waals surface area contributed by atoms with Crippen molar-refractivity contribution < 1.29 is 8.42 Å². The van der Waals surface area contributed by atoms with E-state index in [9.17, 15) is 8.42 Å². The van der Waals surface area contributed by atoms with Gasteiger partial charge < -0.3 is 0 Å². The van der Waals surface area contributed by atoms with E-state index in [2.05, 4.69) is 16.8 Å². The fourth-order valence-electron chi connectivity index (χ4n) is 2.71. The van der Waals surface area contributed by atoms with Crippen molar-refractivity contribution in [2.24, 2.45) is 0 Å². The molecule has 3 nitrogen and oxygen atoms in total. The smallest absolute Gasteiger partial charge is 0.207 e. The third-order valence-electron chi connectivity index (χ3n) is 3.90. The summed E-state index contributed by atoms with van der Waals surface area (Å²) in [6.45, 7) is 1.13. The molecule has 1 aliphatic rings. The number of hydrogen-bond donors (Lipinski definition) is 0. The monoisotopic (exact) mass is 341 g/mol. The maximum atomic E-state index is 12.6. The van der Waals surface area contributed by atoms with Crippen LogP contribution in [0.3, 0.4) is 0 Å². The second-order valence-corrected chi connectivity index (χ2v) is 8.35. The van der Waals surface area contributed by atoms with Gasteiger partial charge in [-0.25, -0.2) is 8.42 Å². The minimum atomic E-state index is -3.43. The number of nitrogens with zero attached hydrogens (tertiary/aromatic N) is 1. The van der Waals surface area contributed by atoms with E-state index < -0.39 is 10.0 Å². The first-order chi connectivity index (χ1) is 10.1. The zero-order valence-electron chi connectivity index (χ0n) is 11.4. The molecule has 0 radical (unpaired) electrons. The molecule has 0 aliphatic carbocycles. The maximum absolute atomic E-state index is 12.6. The fraction of sp³-hybridized carbons (Fsp3) is 0.333. The summed E-state index contributed by atoms with van der Waals surface area (Å²) in [6.07, 6.45) is 1.74. The summed E-state index contributed by atoms with van der Waals surface area (Å²) >= 11 is 7.59. The Hall–Kier alpha value is -0.880. The van der Waals surface area contributed by atoms with Gasteiger partial charge >= 0.3 is 0 Å². The SMILES string of the molecule is O=S(=O)(c1cccc(Cl)c1)N1CCC(c2ccsc2)CC1. The van der Waals surface area contributed by atoms with Gasteiger partial charge in [0.05, 0.1) is 4.90 Å². The molecule has 0 saturated carbocycles. The van der Waals surface area contributed by atoms with E-state index in [0.717, 1.165) is 12.8 Å². The van der Waals surface area contributed by atoms with Crippen LogP contribution in [0.15, 0.2) is 46.0 Å². The minimum absolute atomic E-state index is 0.281. The van der Waals surface area contributed by atoms with Crippen LogP contribution < -0.4 is 0 Å². The lowest BCUT2D eigenvalue weighted by Gasteiger charge is -2.31. The van der Waals surface area contributed by atoms with Crippen LogP contribution in [0.1, 0.15) is 24.3 Å². The summed E-state index contributed by atoms with van der Waals surface area (Å²) in [5.41, 5.74) is 1.33. The van der Waals surface area contributed by atoms with Gasteiger partial charge in [-0.1, -0.05) is 17.7 Å². The van der Waals surface area contributed by atoms with Crippen molar-refractivity contribution in [3.63, 3.8) is 0 Å². The average Bonchev–Trinajstić information content (AvgIpc) is 3.02. The van der Waals surface area contributed by atoms with E-state index in [1.165, 1.54) is 11.6 Å². The molecule has 1 aliphatic heterocycles. The summed E-state index contributed by atoms with van der Waals surface area (Å²) < 4.78 is 26.8. The fourth-order valence-corrected chi connectivity index (χ4v) is 5.23. The molecule has 1 saturated heterocycles. The molecular weight excluding hydrogens is 326 g/mol. The molecule has 0 amide bonds. The molecule has 2 aromatic rings. The highest BCUT2D eigenvalue weighted by molar-refractivity contribution is 7.89. The molecule has 0 unspecified atom stereocenters. The Labute approximate surface area is 134 Å².